The summed E-state index contributed by atoms with van der Waals surface area (Å²) in [6.45, 7) is 14.3. The molecule has 0 aromatic heterocycles. The molecule has 0 aliphatic carbocycles. The predicted molar refractivity (Wildman–Crippen MR) is 141 cm³/mol. The van der Waals surface area contributed by atoms with Gasteiger partial charge in [-0.3, -0.25) is 0 Å². The summed E-state index contributed by atoms with van der Waals surface area (Å²) in [5.74, 6) is 0. The average Bonchev–Trinajstić information content (AvgIpc) is 2.94. The summed E-state index contributed by atoms with van der Waals surface area (Å²) in [7, 11) is -0.611. The third kappa shape index (κ3) is 22.8. The van der Waals surface area contributed by atoms with Crippen molar-refractivity contribution in [2.24, 2.45) is 0 Å². The zero-order valence-corrected chi connectivity index (χ0v) is 25.5. The molecule has 172 valence electrons. The molecule has 0 atom stereocenters. The van der Waals surface area contributed by atoms with Crippen LogP contribution in [0.25, 0.3) is 27.3 Å². The number of halogens is 2. The number of nitrogens with one attached hydrogen (secondary N) is 1. The van der Waals surface area contributed by atoms with Crippen LogP contribution in [0.5, 0.6) is 0 Å². The minimum Gasteiger partial charge on any atom is -0.126 e. The largest absolute Gasteiger partial charge is 0.126 e. The Morgan fingerprint density at radius 3 is 1.27 bits per heavy atom. The van der Waals surface area contributed by atoms with Gasteiger partial charge in [0.15, 0.2) is 8.32 Å². The molecule has 2 radical (unpaired) electrons. The smallest absolute Gasteiger partial charge is 0.0771 e. The van der Waals surface area contributed by atoms with Gasteiger partial charge in [0, 0.05) is 7.11 Å². The summed E-state index contributed by atoms with van der Waals surface area (Å²) >= 11 is 1.36. The van der Waals surface area contributed by atoms with Crippen molar-refractivity contribution >= 4 is 61.6 Å². The first-order valence-corrected chi connectivity index (χ1v) is 16.3. The van der Waals surface area contributed by atoms with Crippen LogP contribution in [0.1, 0.15) is 20.8 Å². The van der Waals surface area contributed by atoms with Gasteiger partial charge in [-0.1, -0.05) is 57.2 Å². The van der Waals surface area contributed by atoms with Crippen molar-refractivity contribution in [3.05, 3.63) is 67.8 Å². The van der Waals surface area contributed by atoms with E-state index in [9.17, 15) is 0 Å². The Bertz CT molecular complexity index is 698. The van der Waals surface area contributed by atoms with Gasteiger partial charge in [0.25, 0.3) is 0 Å². The van der Waals surface area contributed by atoms with Gasteiger partial charge in [-0.25, -0.2) is 0 Å². The van der Waals surface area contributed by atoms with Crippen LogP contribution in [-0.2, 0) is 23.3 Å². The van der Waals surface area contributed by atoms with Gasteiger partial charge in [-0.2, -0.15) is 0 Å². The minimum atomic E-state index is -1.61. The molecule has 0 bridgehead atoms. The Balaban J connectivity index is -0.000000106. The third-order valence-corrected chi connectivity index (χ3v) is 2.52. The molecule has 0 saturated carbocycles. The number of hydrogen-bond acceptors (Lipinski definition) is 2. The van der Waals surface area contributed by atoms with Crippen molar-refractivity contribution in [1.82, 2.24) is 0 Å². The van der Waals surface area contributed by atoms with Crippen LogP contribution in [-0.4, -0.2) is 37.7 Å². The SMILES string of the molecule is CC(C)(C)[NH-].CO.C[Si](C)(C)O.Cl.Cl.[CH3-].[Si]=[Zr].c1ccc2c(c1)[cH-]c1ccccc12. The molecule has 0 saturated heterocycles. The fourth-order valence-electron chi connectivity index (χ4n) is 1.90. The molecule has 30 heavy (non-hydrogen) atoms. The van der Waals surface area contributed by atoms with Crippen LogP contribution in [0.3, 0.4) is 0 Å². The molecular formula is C22H38Cl2NO2Si2Zr-3. The van der Waals surface area contributed by atoms with Gasteiger partial charge in [-0.15, -0.1) is 70.1 Å². The standard InChI is InChI=1S/C13H9.C4H10N.C3H10OSi.CH4O.CH3.2ClH.Si.Zr/c1-3-7-12-10(5-1)9-11-6-2-4-8-13(11)12;1-4(2,3)5;1-5(2,3)4;1-2;;;;;/h1-9H;5H,1-3H3;4H,1-3H3;2H,1H3;1H3;2*1H;;/q2*-1;;;-1;;;;. The second kappa shape index (κ2) is 21.0. The van der Waals surface area contributed by atoms with Crippen LogP contribution in [0.4, 0.5) is 0 Å². The molecule has 0 aliphatic rings. The number of hydrogen-bond donors (Lipinski definition) is 2. The van der Waals surface area contributed by atoms with Crippen molar-refractivity contribution in [3.63, 3.8) is 0 Å². The van der Waals surface area contributed by atoms with Gasteiger partial charge in [-0.05, 0) is 19.6 Å². The summed E-state index contributed by atoms with van der Waals surface area (Å²) in [5.41, 5.74) is 6.69. The van der Waals surface area contributed by atoms with E-state index in [2.05, 4.69) is 61.5 Å². The summed E-state index contributed by atoms with van der Waals surface area (Å²) in [6, 6.07) is 19.3. The van der Waals surface area contributed by atoms with Crippen LogP contribution < -0.4 is 0 Å². The van der Waals surface area contributed by atoms with E-state index < -0.39 is 8.32 Å². The Kier molecular flexibility index (Phi) is 28.3. The molecule has 0 fully saturated rings. The van der Waals surface area contributed by atoms with E-state index in [1.165, 1.54) is 44.9 Å². The summed E-state index contributed by atoms with van der Waals surface area (Å²) in [4.78, 5) is 8.66. The summed E-state index contributed by atoms with van der Waals surface area (Å²) < 4.78 is 0. The summed E-state index contributed by atoms with van der Waals surface area (Å²) in [6.07, 6.45) is 0. The number of aliphatic hydroxyl groups is 1. The second-order valence-electron chi connectivity index (χ2n) is 7.74. The van der Waals surface area contributed by atoms with Crippen LogP contribution in [0.2, 0.25) is 19.6 Å². The molecule has 0 heterocycles. The van der Waals surface area contributed by atoms with E-state index in [0.717, 1.165) is 7.11 Å². The fourth-order valence-corrected chi connectivity index (χ4v) is 1.90. The number of rotatable bonds is 0. The van der Waals surface area contributed by atoms with Crippen LogP contribution >= 0.6 is 24.8 Å². The molecular weight excluding hydrogens is 529 g/mol. The van der Waals surface area contributed by atoms with Crippen molar-refractivity contribution in [3.8, 4) is 0 Å². The Morgan fingerprint density at radius 2 is 1.03 bits per heavy atom. The van der Waals surface area contributed by atoms with E-state index in [-0.39, 0.29) is 37.8 Å². The predicted octanol–water partition coefficient (Wildman–Crippen LogP) is 6.88. The maximum Gasteiger partial charge on any atom is -0.0771 e. The van der Waals surface area contributed by atoms with Gasteiger partial charge in [0.05, 0.1) is 0 Å². The fraction of sp³-hybridized carbons (Fsp3) is 0.364. The zero-order valence-electron chi connectivity index (χ0n) is 19.4. The first kappa shape index (κ1) is 40.4. The molecule has 3 nitrogen and oxygen atoms in total. The number of fused-ring (bicyclic) bond motifs is 3. The monoisotopic (exact) mass is 564 g/mol. The molecule has 3 rings (SSSR count). The van der Waals surface area contributed by atoms with E-state index in [1.807, 2.05) is 40.4 Å². The van der Waals surface area contributed by atoms with Crippen molar-refractivity contribution in [1.29, 1.82) is 0 Å². The van der Waals surface area contributed by atoms with Crippen molar-refractivity contribution in [2.75, 3.05) is 7.11 Å². The van der Waals surface area contributed by atoms with E-state index in [0.29, 0.717) is 0 Å². The van der Waals surface area contributed by atoms with E-state index >= 15 is 0 Å². The maximum atomic E-state index is 8.66. The summed E-state index contributed by atoms with van der Waals surface area (Å²) in [5, 5.41) is 12.4. The molecule has 0 amide bonds. The van der Waals surface area contributed by atoms with Gasteiger partial charge < -0.3 is 23.1 Å². The Morgan fingerprint density at radius 1 is 0.833 bits per heavy atom. The number of benzene rings is 2. The Labute approximate surface area is 214 Å². The minimum absolute atomic E-state index is 0. The molecule has 0 aliphatic heterocycles. The normalized spacial score (nSPS) is 9.10. The van der Waals surface area contributed by atoms with Crippen molar-refractivity contribution in [2.45, 2.75) is 46.0 Å². The van der Waals surface area contributed by atoms with E-state index in [4.69, 9.17) is 15.6 Å². The molecule has 8 heteroatoms. The quantitative estimate of drug-likeness (QED) is 0.230. The molecule has 0 spiro atoms. The van der Waals surface area contributed by atoms with Gasteiger partial charge >= 0.3 is 30.2 Å². The number of aliphatic hydroxyl groups excluding tert-OH is 1. The van der Waals surface area contributed by atoms with Crippen molar-refractivity contribution < 1.29 is 33.2 Å². The average molecular weight is 567 g/mol. The zero-order chi connectivity index (χ0) is 21.7. The first-order valence-electron chi connectivity index (χ1n) is 8.65. The van der Waals surface area contributed by atoms with Gasteiger partial charge in [0.1, 0.15) is 0 Å². The topological polar surface area (TPSA) is 64.3 Å². The molecule has 3 aromatic rings. The first-order chi connectivity index (χ1) is 12.4. The molecule has 3 aromatic carbocycles. The van der Waals surface area contributed by atoms with Crippen LogP contribution in [0, 0.1) is 7.43 Å². The van der Waals surface area contributed by atoms with Crippen LogP contribution in [0.15, 0.2) is 54.6 Å². The van der Waals surface area contributed by atoms with E-state index in [1.54, 1.807) is 0 Å². The molecule has 0 unspecified atom stereocenters. The van der Waals surface area contributed by atoms with Gasteiger partial charge in [0.2, 0.25) is 0 Å². The second-order valence-corrected chi connectivity index (χ2v) is 12.1. The maximum absolute atomic E-state index is 8.66. The Hall–Kier alpha value is 0.0869. The third-order valence-electron chi connectivity index (χ3n) is 2.52. The molecule has 3 N–H and O–H groups in total.